The number of ether oxygens (including phenoxy) is 1. The summed E-state index contributed by atoms with van der Waals surface area (Å²) in [7, 11) is 1.26. The molecule has 180 valence electrons. The molecule has 35 heavy (non-hydrogen) atoms. The molecule has 3 N–H and O–H groups in total. The van der Waals surface area contributed by atoms with E-state index in [2.05, 4.69) is 15.6 Å². The third kappa shape index (κ3) is 5.20. The van der Waals surface area contributed by atoms with Crippen LogP contribution in [0.1, 0.15) is 43.1 Å². The minimum absolute atomic E-state index is 0.0996. The molecule has 0 bridgehead atoms. The summed E-state index contributed by atoms with van der Waals surface area (Å²) in [6, 6.07) is 11.3. The van der Waals surface area contributed by atoms with E-state index in [-0.39, 0.29) is 41.4 Å². The number of carbonyl (C=O) groups is 3. The maximum atomic E-state index is 14.5. The van der Waals surface area contributed by atoms with Gasteiger partial charge in [0.15, 0.2) is 23.1 Å². The number of methoxy groups -OCH3 is 1. The summed E-state index contributed by atoms with van der Waals surface area (Å²) in [5.41, 5.74) is 0.515. The number of Topliss-reactive ketones (excluding diaryl/α,β-unsaturated/α-hetero) is 1. The molecule has 1 aliphatic heterocycles. The van der Waals surface area contributed by atoms with E-state index in [1.807, 2.05) is 0 Å². The van der Waals surface area contributed by atoms with Crippen molar-refractivity contribution in [1.29, 1.82) is 0 Å². The highest BCUT2D eigenvalue weighted by molar-refractivity contribution is 6.11. The number of nitrogens with zero attached hydrogens (tertiary/aromatic N) is 1. The highest BCUT2D eigenvalue weighted by atomic mass is 19.1. The van der Waals surface area contributed by atoms with Gasteiger partial charge in [-0.15, -0.1) is 0 Å². The molecule has 0 aliphatic carbocycles. The van der Waals surface area contributed by atoms with Crippen LogP contribution in [0.3, 0.4) is 0 Å². The highest BCUT2D eigenvalue weighted by Crippen LogP contribution is 2.30. The Hall–Kier alpha value is -4.11. The van der Waals surface area contributed by atoms with E-state index in [9.17, 15) is 23.9 Å². The molecule has 1 aliphatic rings. The molecular weight excluding hydrogens is 453 g/mol. The smallest absolute Gasteiger partial charge is 0.251 e. The predicted octanol–water partition coefficient (Wildman–Crippen LogP) is 2.76. The van der Waals surface area contributed by atoms with Gasteiger partial charge in [-0.3, -0.25) is 19.4 Å². The number of amides is 1. The fraction of sp³-hybridized carbons (Fsp3) is 0.231. The minimum Gasteiger partial charge on any atom is -0.507 e. The summed E-state index contributed by atoms with van der Waals surface area (Å²) in [6.45, 7) is 1.13. The zero-order valence-corrected chi connectivity index (χ0v) is 19.0. The number of aromatic hydroxyl groups is 1. The Kier molecular flexibility index (Phi) is 7.17. The van der Waals surface area contributed by atoms with Crippen molar-refractivity contribution in [3.8, 4) is 11.5 Å². The van der Waals surface area contributed by atoms with Gasteiger partial charge in [-0.05, 0) is 24.3 Å². The Labute approximate surface area is 201 Å². The van der Waals surface area contributed by atoms with Crippen molar-refractivity contribution in [2.45, 2.75) is 12.5 Å². The molecule has 1 saturated heterocycles. The van der Waals surface area contributed by atoms with Crippen molar-refractivity contribution in [1.82, 2.24) is 15.6 Å². The Morgan fingerprint density at radius 2 is 1.71 bits per heavy atom. The normalized spacial score (nSPS) is 17.1. The SMILES string of the molecule is COc1ccc(O)c(C(=O)c2ccc(C(=O)C[C@@H]3CNC[C@H]3NC(=O)c3ccncc3)cc2)c1F. The lowest BCUT2D eigenvalue weighted by Gasteiger charge is -2.19. The van der Waals surface area contributed by atoms with Crippen LogP contribution in [0.15, 0.2) is 60.9 Å². The van der Waals surface area contributed by atoms with Gasteiger partial charge in [-0.1, -0.05) is 24.3 Å². The summed E-state index contributed by atoms with van der Waals surface area (Å²) in [4.78, 5) is 42.1. The number of halogens is 1. The number of hydrogen-bond donors (Lipinski definition) is 3. The zero-order chi connectivity index (χ0) is 24.9. The maximum Gasteiger partial charge on any atom is 0.251 e. The second-order valence-corrected chi connectivity index (χ2v) is 8.24. The number of phenols is 1. The van der Waals surface area contributed by atoms with Gasteiger partial charge in [-0.2, -0.15) is 0 Å². The first-order chi connectivity index (χ1) is 16.9. The fourth-order valence-corrected chi connectivity index (χ4v) is 4.10. The van der Waals surface area contributed by atoms with Crippen LogP contribution in [0.4, 0.5) is 4.39 Å². The first-order valence-electron chi connectivity index (χ1n) is 11.0. The molecule has 2 heterocycles. The molecule has 3 aromatic rings. The number of rotatable bonds is 8. The van der Waals surface area contributed by atoms with Gasteiger partial charge in [0, 0.05) is 60.6 Å². The van der Waals surface area contributed by atoms with E-state index in [1.54, 1.807) is 24.5 Å². The summed E-state index contributed by atoms with van der Waals surface area (Å²) >= 11 is 0. The summed E-state index contributed by atoms with van der Waals surface area (Å²) in [5, 5.41) is 16.2. The Morgan fingerprint density at radius 3 is 2.40 bits per heavy atom. The molecule has 2 atom stereocenters. The molecule has 2 aromatic carbocycles. The highest BCUT2D eigenvalue weighted by Gasteiger charge is 2.31. The van der Waals surface area contributed by atoms with E-state index in [4.69, 9.17) is 4.74 Å². The fourth-order valence-electron chi connectivity index (χ4n) is 4.10. The zero-order valence-electron chi connectivity index (χ0n) is 19.0. The number of pyridine rings is 1. The molecule has 8 nitrogen and oxygen atoms in total. The van der Waals surface area contributed by atoms with Gasteiger partial charge in [0.1, 0.15) is 11.3 Å². The Bertz CT molecular complexity index is 1250. The van der Waals surface area contributed by atoms with E-state index in [0.717, 1.165) is 0 Å². The molecule has 9 heteroatoms. The van der Waals surface area contributed by atoms with Crippen LogP contribution in [-0.4, -0.2) is 53.8 Å². The van der Waals surface area contributed by atoms with Crippen molar-refractivity contribution < 1.29 is 28.6 Å². The van der Waals surface area contributed by atoms with Crippen molar-refractivity contribution in [2.24, 2.45) is 5.92 Å². The number of aromatic nitrogens is 1. The number of phenolic OH excluding ortho intramolecular Hbond substituents is 1. The van der Waals surface area contributed by atoms with Crippen LogP contribution >= 0.6 is 0 Å². The Balaban J connectivity index is 1.43. The molecule has 0 unspecified atom stereocenters. The number of carbonyl (C=O) groups excluding carboxylic acids is 3. The lowest BCUT2D eigenvalue weighted by Crippen LogP contribution is -2.41. The van der Waals surface area contributed by atoms with Gasteiger partial charge in [0.2, 0.25) is 0 Å². The second kappa shape index (κ2) is 10.4. The molecule has 0 spiro atoms. The number of nitrogens with one attached hydrogen (secondary N) is 2. The van der Waals surface area contributed by atoms with Gasteiger partial charge < -0.3 is 20.5 Å². The standard InChI is InChI=1S/C26H24FN3O5/c1-35-22-7-6-20(31)23(24(22)27)25(33)16-4-2-15(3-5-16)21(32)12-18-13-29-14-19(18)30-26(34)17-8-10-28-11-9-17/h2-11,18-19,29,31H,12-14H2,1H3,(H,30,34)/t18-,19-/m1/s1. The van der Waals surface area contributed by atoms with Gasteiger partial charge in [0.25, 0.3) is 5.91 Å². The Morgan fingerprint density at radius 1 is 1.03 bits per heavy atom. The third-order valence-electron chi connectivity index (χ3n) is 6.05. The largest absolute Gasteiger partial charge is 0.507 e. The summed E-state index contributed by atoms with van der Waals surface area (Å²) < 4.78 is 19.4. The van der Waals surface area contributed by atoms with Crippen LogP contribution in [0.25, 0.3) is 0 Å². The molecular formula is C26H24FN3O5. The van der Waals surface area contributed by atoms with E-state index in [0.29, 0.717) is 24.2 Å². The van der Waals surface area contributed by atoms with Gasteiger partial charge >= 0.3 is 0 Å². The lowest BCUT2D eigenvalue weighted by atomic mass is 9.93. The third-order valence-corrected chi connectivity index (χ3v) is 6.05. The van der Waals surface area contributed by atoms with Crippen molar-refractivity contribution in [3.63, 3.8) is 0 Å². The molecule has 1 aromatic heterocycles. The van der Waals surface area contributed by atoms with Crippen LogP contribution in [0, 0.1) is 11.7 Å². The van der Waals surface area contributed by atoms with E-state index in [1.165, 1.54) is 43.5 Å². The summed E-state index contributed by atoms with van der Waals surface area (Å²) in [6.07, 6.45) is 3.29. The first-order valence-corrected chi connectivity index (χ1v) is 11.0. The number of hydrogen-bond acceptors (Lipinski definition) is 7. The van der Waals surface area contributed by atoms with Crippen LogP contribution in [0.2, 0.25) is 0 Å². The van der Waals surface area contributed by atoms with Gasteiger partial charge in [0.05, 0.1) is 7.11 Å². The van der Waals surface area contributed by atoms with Crippen LogP contribution in [0.5, 0.6) is 11.5 Å². The lowest BCUT2D eigenvalue weighted by molar-refractivity contribution is 0.0902. The topological polar surface area (TPSA) is 118 Å². The minimum atomic E-state index is -0.953. The molecule has 1 fully saturated rings. The summed E-state index contributed by atoms with van der Waals surface area (Å²) in [5.74, 6) is -2.80. The maximum absolute atomic E-state index is 14.5. The quantitative estimate of drug-likeness (QED) is 0.427. The van der Waals surface area contributed by atoms with Crippen LogP contribution in [-0.2, 0) is 0 Å². The molecule has 1 amide bonds. The van der Waals surface area contributed by atoms with Gasteiger partial charge in [-0.25, -0.2) is 4.39 Å². The van der Waals surface area contributed by atoms with E-state index >= 15 is 0 Å². The molecule has 4 rings (SSSR count). The molecule has 0 saturated carbocycles. The second-order valence-electron chi connectivity index (χ2n) is 8.24. The molecule has 0 radical (unpaired) electrons. The first kappa shape index (κ1) is 24.0. The predicted molar refractivity (Wildman–Crippen MR) is 125 cm³/mol. The van der Waals surface area contributed by atoms with Crippen molar-refractivity contribution in [3.05, 3.63) is 89.0 Å². The van der Waals surface area contributed by atoms with Crippen molar-refractivity contribution >= 4 is 17.5 Å². The average Bonchev–Trinajstić information content (AvgIpc) is 3.30. The van der Waals surface area contributed by atoms with Crippen LogP contribution < -0.4 is 15.4 Å². The average molecular weight is 477 g/mol. The number of ketones is 2. The number of benzene rings is 2. The van der Waals surface area contributed by atoms with E-state index < -0.39 is 22.9 Å². The van der Waals surface area contributed by atoms with Crippen molar-refractivity contribution in [2.75, 3.05) is 20.2 Å². The monoisotopic (exact) mass is 477 g/mol.